The van der Waals surface area contributed by atoms with Gasteiger partial charge in [-0.25, -0.2) is 4.79 Å². The highest BCUT2D eigenvalue weighted by Gasteiger charge is 2.19. The molecule has 1 aliphatic heterocycles. The zero-order valence-corrected chi connectivity index (χ0v) is 27.4. The van der Waals surface area contributed by atoms with Gasteiger partial charge in [-0.2, -0.15) is 0 Å². The van der Waals surface area contributed by atoms with Gasteiger partial charge in [-0.15, -0.1) is 0 Å². The zero-order chi connectivity index (χ0) is 32.4. The Hall–Kier alpha value is -4.88. The molecule has 0 fully saturated rings. The SMILES string of the molecule is COc1ccccc1CCc1cc2c(cc1CCc1ccccc1OC)CN(CCCNC(=O)Nc1ccnc3ccccc13)CC2. The average molecular weight is 629 g/mol. The van der Waals surface area contributed by atoms with E-state index in [0.717, 1.165) is 86.2 Å². The van der Waals surface area contributed by atoms with Crippen LogP contribution < -0.4 is 20.1 Å². The van der Waals surface area contributed by atoms with Crippen LogP contribution >= 0.6 is 0 Å². The van der Waals surface area contributed by atoms with Gasteiger partial charge >= 0.3 is 6.03 Å². The number of urea groups is 1. The Morgan fingerprint density at radius 3 is 2.09 bits per heavy atom. The second-order valence-corrected chi connectivity index (χ2v) is 12.1. The summed E-state index contributed by atoms with van der Waals surface area (Å²) in [7, 11) is 3.49. The number of nitrogens with one attached hydrogen (secondary N) is 2. The molecule has 1 aromatic heterocycles. The minimum Gasteiger partial charge on any atom is -0.496 e. The number of pyridine rings is 1. The van der Waals surface area contributed by atoms with Crippen molar-refractivity contribution in [2.75, 3.05) is 39.2 Å². The van der Waals surface area contributed by atoms with Crippen molar-refractivity contribution in [3.63, 3.8) is 0 Å². The number of aromatic nitrogens is 1. The van der Waals surface area contributed by atoms with Gasteiger partial charge in [0.15, 0.2) is 0 Å². The Morgan fingerprint density at radius 1 is 0.766 bits per heavy atom. The number of methoxy groups -OCH3 is 2. The molecule has 7 heteroatoms. The van der Waals surface area contributed by atoms with Crippen LogP contribution in [0.25, 0.3) is 10.9 Å². The molecule has 0 bridgehead atoms. The van der Waals surface area contributed by atoms with E-state index in [1.165, 1.54) is 33.4 Å². The summed E-state index contributed by atoms with van der Waals surface area (Å²) < 4.78 is 11.3. The quantitative estimate of drug-likeness (QED) is 0.133. The Morgan fingerprint density at radius 2 is 1.38 bits per heavy atom. The molecular formula is C40H44N4O3. The molecule has 2 amide bonds. The summed E-state index contributed by atoms with van der Waals surface area (Å²) in [5, 5.41) is 6.95. The lowest BCUT2D eigenvalue weighted by molar-refractivity contribution is 0.242. The number of carbonyl (C=O) groups is 1. The second kappa shape index (κ2) is 15.6. The Balaban J connectivity index is 1.08. The van der Waals surface area contributed by atoms with Gasteiger partial charge in [0.05, 0.1) is 25.4 Å². The van der Waals surface area contributed by atoms with Crippen LogP contribution in [0.3, 0.4) is 0 Å². The van der Waals surface area contributed by atoms with Gasteiger partial charge in [0.25, 0.3) is 0 Å². The first-order chi connectivity index (χ1) is 23.1. The summed E-state index contributed by atoms with van der Waals surface area (Å²) >= 11 is 0. The van der Waals surface area contributed by atoms with Crippen molar-refractivity contribution in [1.29, 1.82) is 0 Å². The number of nitrogens with zero attached hydrogens (tertiary/aromatic N) is 2. The van der Waals surface area contributed by atoms with Crippen LogP contribution in [-0.4, -0.2) is 49.8 Å². The normalized spacial score (nSPS) is 12.8. The van der Waals surface area contributed by atoms with E-state index in [2.05, 4.69) is 56.9 Å². The van der Waals surface area contributed by atoms with Crippen molar-refractivity contribution in [2.24, 2.45) is 0 Å². The van der Waals surface area contributed by atoms with Crippen LogP contribution in [0.4, 0.5) is 10.5 Å². The highest BCUT2D eigenvalue weighted by atomic mass is 16.5. The third kappa shape index (κ3) is 8.10. The smallest absolute Gasteiger partial charge is 0.319 e. The number of aryl methyl sites for hydroxylation is 4. The van der Waals surface area contributed by atoms with E-state index in [4.69, 9.17) is 9.47 Å². The van der Waals surface area contributed by atoms with Crippen LogP contribution in [-0.2, 0) is 38.6 Å². The van der Waals surface area contributed by atoms with Crippen LogP contribution in [0, 0.1) is 0 Å². The molecule has 47 heavy (non-hydrogen) atoms. The molecule has 0 unspecified atom stereocenters. The number of hydrogen-bond acceptors (Lipinski definition) is 5. The summed E-state index contributed by atoms with van der Waals surface area (Å²) in [4.78, 5) is 19.5. The van der Waals surface area contributed by atoms with Crippen LogP contribution in [0.1, 0.15) is 39.8 Å². The molecule has 242 valence electrons. The van der Waals surface area contributed by atoms with E-state index >= 15 is 0 Å². The van der Waals surface area contributed by atoms with Crippen molar-refractivity contribution in [2.45, 2.75) is 45.1 Å². The van der Waals surface area contributed by atoms with Crippen molar-refractivity contribution in [3.8, 4) is 11.5 Å². The van der Waals surface area contributed by atoms with Gasteiger partial charge in [-0.3, -0.25) is 9.88 Å². The first-order valence-corrected chi connectivity index (χ1v) is 16.6. The lowest BCUT2D eigenvalue weighted by Crippen LogP contribution is -2.35. The molecule has 5 aromatic rings. The van der Waals surface area contributed by atoms with Crippen molar-refractivity contribution in [1.82, 2.24) is 15.2 Å². The van der Waals surface area contributed by atoms with Gasteiger partial charge in [0.2, 0.25) is 0 Å². The first-order valence-electron chi connectivity index (χ1n) is 16.6. The molecule has 1 aliphatic rings. The number of para-hydroxylation sites is 3. The minimum absolute atomic E-state index is 0.189. The number of anilines is 1. The maximum atomic E-state index is 12.7. The summed E-state index contributed by atoms with van der Waals surface area (Å²) in [6.07, 6.45) is 7.44. The third-order valence-electron chi connectivity index (χ3n) is 9.16. The molecule has 4 aromatic carbocycles. The van der Waals surface area contributed by atoms with Gasteiger partial charge < -0.3 is 20.1 Å². The number of fused-ring (bicyclic) bond motifs is 2. The summed E-state index contributed by atoms with van der Waals surface area (Å²) in [5.41, 5.74) is 9.82. The second-order valence-electron chi connectivity index (χ2n) is 12.1. The standard InChI is InChI=1S/C40H44N4O3/c1-46-38-14-7-3-10-29(38)16-18-31-26-33-21-25-44(28-34(33)27-32(31)19-17-30-11-4-8-15-39(30)47-2)24-9-22-42-40(45)43-37-20-23-41-36-13-6-5-12-35(36)37/h3-8,10-15,20,23,26-27H,9,16-19,21-22,24-25,28H2,1-2H3,(H2,41,42,43,45). The van der Waals surface area contributed by atoms with Crippen molar-refractivity contribution < 1.29 is 14.3 Å². The van der Waals surface area contributed by atoms with E-state index in [-0.39, 0.29) is 6.03 Å². The molecule has 0 aliphatic carbocycles. The van der Waals surface area contributed by atoms with Crippen molar-refractivity contribution in [3.05, 3.63) is 131 Å². The predicted molar refractivity (Wildman–Crippen MR) is 190 cm³/mol. The highest BCUT2D eigenvalue weighted by Crippen LogP contribution is 2.28. The summed E-state index contributed by atoms with van der Waals surface area (Å²) in [6, 6.07) is 31.1. The number of rotatable bonds is 13. The Kier molecular flexibility index (Phi) is 10.7. The maximum absolute atomic E-state index is 12.7. The molecule has 0 radical (unpaired) electrons. The largest absolute Gasteiger partial charge is 0.496 e. The minimum atomic E-state index is -0.189. The number of carbonyl (C=O) groups excluding carboxylic acids is 1. The zero-order valence-electron chi connectivity index (χ0n) is 27.4. The van der Waals surface area contributed by atoms with Crippen molar-refractivity contribution >= 4 is 22.6 Å². The molecule has 6 rings (SSSR count). The lowest BCUT2D eigenvalue weighted by Gasteiger charge is -2.30. The predicted octanol–water partition coefficient (Wildman–Crippen LogP) is 7.39. The number of amides is 2. The molecule has 0 saturated heterocycles. The van der Waals surface area contributed by atoms with Crippen LogP contribution in [0.15, 0.2) is 97.2 Å². The average Bonchev–Trinajstić information content (AvgIpc) is 3.11. The highest BCUT2D eigenvalue weighted by molar-refractivity contribution is 6.00. The number of ether oxygens (including phenoxy) is 2. The fourth-order valence-corrected chi connectivity index (χ4v) is 6.66. The molecule has 0 atom stereocenters. The first kappa shape index (κ1) is 32.1. The summed E-state index contributed by atoms with van der Waals surface area (Å²) in [5.74, 6) is 1.90. The van der Waals surface area contributed by atoms with E-state index in [0.29, 0.717) is 6.54 Å². The van der Waals surface area contributed by atoms with E-state index in [1.807, 2.05) is 54.6 Å². The number of hydrogen-bond donors (Lipinski definition) is 2. The van der Waals surface area contributed by atoms with Gasteiger partial charge in [0, 0.05) is 37.8 Å². The number of benzene rings is 4. The van der Waals surface area contributed by atoms with Crippen LogP contribution in [0.5, 0.6) is 11.5 Å². The van der Waals surface area contributed by atoms with Gasteiger partial charge in [0.1, 0.15) is 11.5 Å². The molecular weight excluding hydrogens is 584 g/mol. The Bertz CT molecular complexity index is 1820. The lowest BCUT2D eigenvalue weighted by atomic mass is 9.88. The van der Waals surface area contributed by atoms with Gasteiger partial charge in [-0.05, 0) is 96.2 Å². The topological polar surface area (TPSA) is 75.7 Å². The summed E-state index contributed by atoms with van der Waals surface area (Å²) in [6.45, 7) is 3.50. The fraction of sp³-hybridized carbons (Fsp3) is 0.300. The molecule has 2 N–H and O–H groups in total. The Labute approximate surface area is 277 Å². The fourth-order valence-electron chi connectivity index (χ4n) is 6.66. The third-order valence-corrected chi connectivity index (χ3v) is 9.16. The molecule has 0 saturated carbocycles. The molecule has 7 nitrogen and oxygen atoms in total. The molecule has 0 spiro atoms. The van der Waals surface area contributed by atoms with E-state index < -0.39 is 0 Å². The molecule has 2 heterocycles. The van der Waals surface area contributed by atoms with E-state index in [9.17, 15) is 4.79 Å². The monoisotopic (exact) mass is 628 g/mol. The van der Waals surface area contributed by atoms with Crippen LogP contribution in [0.2, 0.25) is 0 Å². The van der Waals surface area contributed by atoms with Gasteiger partial charge in [-0.1, -0.05) is 66.7 Å². The maximum Gasteiger partial charge on any atom is 0.319 e. The van der Waals surface area contributed by atoms with E-state index in [1.54, 1.807) is 20.4 Å².